The second kappa shape index (κ2) is 12.5. The van der Waals surface area contributed by atoms with Crippen molar-refractivity contribution in [2.75, 3.05) is 13.7 Å². The van der Waals surface area contributed by atoms with Crippen molar-refractivity contribution in [3.63, 3.8) is 0 Å². The maximum absolute atomic E-state index is 13.4. The van der Waals surface area contributed by atoms with E-state index in [1.165, 1.54) is 18.4 Å². The quantitative estimate of drug-likeness (QED) is 0.220. The number of ketones is 1. The number of nitrogens with zero attached hydrogens (tertiary/aromatic N) is 3. The lowest BCUT2D eigenvalue weighted by Crippen LogP contribution is -2.43. The van der Waals surface area contributed by atoms with E-state index in [0.717, 1.165) is 54.6 Å². The predicted molar refractivity (Wildman–Crippen MR) is 165 cm³/mol. The van der Waals surface area contributed by atoms with Gasteiger partial charge >= 0.3 is 0 Å². The van der Waals surface area contributed by atoms with E-state index >= 15 is 0 Å². The molecule has 4 heterocycles. The number of benzene rings is 2. The van der Waals surface area contributed by atoms with Gasteiger partial charge in [0.25, 0.3) is 5.91 Å². The highest BCUT2D eigenvalue weighted by atomic mass is 16.5. The van der Waals surface area contributed by atoms with Gasteiger partial charge in [-0.3, -0.25) is 19.5 Å². The van der Waals surface area contributed by atoms with Crippen LogP contribution in [-0.2, 0) is 13.1 Å². The molecule has 0 radical (unpaired) electrons. The molecule has 1 N–H and O–H groups in total. The Balaban J connectivity index is 1.10. The molecule has 0 saturated carbocycles. The Labute approximate surface area is 247 Å². The molecule has 7 nitrogen and oxygen atoms in total. The number of carbonyl (C=O) groups is 2. The molecule has 1 amide bonds. The molecule has 2 fully saturated rings. The van der Waals surface area contributed by atoms with Crippen LogP contribution in [0.2, 0.25) is 0 Å². The molecule has 2 saturated heterocycles. The largest absolute Gasteiger partial charge is 0.495 e. The van der Waals surface area contributed by atoms with Crippen molar-refractivity contribution in [3.8, 4) is 5.75 Å². The van der Waals surface area contributed by atoms with Gasteiger partial charge in [0.2, 0.25) is 0 Å². The summed E-state index contributed by atoms with van der Waals surface area (Å²) >= 11 is 0. The van der Waals surface area contributed by atoms with E-state index in [-0.39, 0.29) is 11.7 Å². The van der Waals surface area contributed by atoms with Gasteiger partial charge in [-0.25, -0.2) is 0 Å². The van der Waals surface area contributed by atoms with Crippen molar-refractivity contribution in [2.24, 2.45) is 5.92 Å². The summed E-state index contributed by atoms with van der Waals surface area (Å²) in [5, 5.41) is 4.04. The maximum atomic E-state index is 13.4. The SMILES string of the molecule is COc1cccc2c(C(=O)NCc3ccccc3C)cn(CCCN3[C@@H]4CC[C@H]3CC(CC(=O)c3ccccn3)C4)c12. The summed E-state index contributed by atoms with van der Waals surface area (Å²) in [5.74, 6) is 1.31. The molecule has 6 rings (SSSR count). The minimum absolute atomic E-state index is 0.0735. The minimum Gasteiger partial charge on any atom is -0.495 e. The summed E-state index contributed by atoms with van der Waals surface area (Å²) < 4.78 is 7.92. The van der Waals surface area contributed by atoms with Crippen LogP contribution in [0.25, 0.3) is 10.9 Å². The smallest absolute Gasteiger partial charge is 0.253 e. The molecular weight excluding hydrogens is 524 g/mol. The lowest BCUT2D eigenvalue weighted by atomic mass is 9.86. The van der Waals surface area contributed by atoms with E-state index in [1.54, 1.807) is 13.3 Å². The summed E-state index contributed by atoms with van der Waals surface area (Å²) in [6, 6.07) is 20.7. The number of Topliss-reactive ketones (excluding diaryl/α,β-unsaturated/α-hetero) is 1. The zero-order chi connectivity index (χ0) is 29.1. The molecule has 218 valence electrons. The van der Waals surface area contributed by atoms with Crippen molar-refractivity contribution in [1.82, 2.24) is 19.8 Å². The van der Waals surface area contributed by atoms with Crippen LogP contribution in [0.15, 0.2) is 73.1 Å². The molecule has 2 bridgehead atoms. The molecule has 2 aromatic heterocycles. The molecule has 4 aromatic rings. The van der Waals surface area contributed by atoms with Gasteiger partial charge in [0.05, 0.1) is 18.2 Å². The Hall–Kier alpha value is -3.97. The van der Waals surface area contributed by atoms with Gasteiger partial charge in [0.15, 0.2) is 5.78 Å². The normalized spacial score (nSPS) is 20.1. The third-order valence-corrected chi connectivity index (χ3v) is 9.25. The fourth-order valence-electron chi connectivity index (χ4n) is 7.16. The van der Waals surface area contributed by atoms with E-state index in [4.69, 9.17) is 4.74 Å². The fraction of sp³-hybridized carbons (Fsp3) is 0.400. The number of para-hydroxylation sites is 1. The van der Waals surface area contributed by atoms with E-state index in [0.29, 0.717) is 42.2 Å². The maximum Gasteiger partial charge on any atom is 0.253 e. The Kier molecular flexibility index (Phi) is 8.38. The van der Waals surface area contributed by atoms with Crippen molar-refractivity contribution in [1.29, 1.82) is 0 Å². The van der Waals surface area contributed by atoms with Crippen LogP contribution in [0.3, 0.4) is 0 Å². The van der Waals surface area contributed by atoms with Gasteiger partial charge in [-0.2, -0.15) is 0 Å². The molecule has 42 heavy (non-hydrogen) atoms. The second-order valence-electron chi connectivity index (χ2n) is 11.9. The zero-order valence-electron chi connectivity index (χ0n) is 24.6. The van der Waals surface area contributed by atoms with E-state index in [1.807, 2.05) is 54.7 Å². The van der Waals surface area contributed by atoms with Gasteiger partial charge in [0, 0.05) is 55.9 Å². The van der Waals surface area contributed by atoms with Crippen molar-refractivity contribution >= 4 is 22.6 Å². The van der Waals surface area contributed by atoms with Gasteiger partial charge in [-0.05, 0) is 74.3 Å². The number of nitrogens with one attached hydrogen (secondary N) is 1. The summed E-state index contributed by atoms with van der Waals surface area (Å²) in [5.41, 5.74) is 4.52. The first-order valence-corrected chi connectivity index (χ1v) is 15.2. The number of piperidine rings is 1. The van der Waals surface area contributed by atoms with E-state index < -0.39 is 0 Å². The number of fused-ring (bicyclic) bond motifs is 3. The molecule has 2 aromatic carbocycles. The van der Waals surface area contributed by atoms with Gasteiger partial charge in [0.1, 0.15) is 11.4 Å². The lowest BCUT2D eigenvalue weighted by molar-refractivity contribution is 0.0803. The van der Waals surface area contributed by atoms with E-state index in [9.17, 15) is 9.59 Å². The number of methoxy groups -OCH3 is 1. The average molecular weight is 565 g/mol. The first kappa shape index (κ1) is 28.2. The number of hydrogen-bond acceptors (Lipinski definition) is 5. The molecule has 3 atom stereocenters. The fourth-order valence-corrected chi connectivity index (χ4v) is 7.16. The Morgan fingerprint density at radius 3 is 2.50 bits per heavy atom. The predicted octanol–water partition coefficient (Wildman–Crippen LogP) is 6.19. The monoisotopic (exact) mass is 564 g/mol. The molecule has 0 spiro atoms. The summed E-state index contributed by atoms with van der Waals surface area (Å²) in [6.45, 7) is 4.38. The number of hydrogen-bond donors (Lipinski definition) is 1. The van der Waals surface area contributed by atoms with Gasteiger partial charge in [-0.1, -0.05) is 42.5 Å². The van der Waals surface area contributed by atoms with Crippen LogP contribution in [0.1, 0.15) is 70.5 Å². The van der Waals surface area contributed by atoms with Crippen LogP contribution in [0, 0.1) is 12.8 Å². The third-order valence-electron chi connectivity index (χ3n) is 9.25. The zero-order valence-corrected chi connectivity index (χ0v) is 24.6. The van der Waals surface area contributed by atoms with Crippen LogP contribution >= 0.6 is 0 Å². The number of carbonyl (C=O) groups excluding carboxylic acids is 2. The van der Waals surface area contributed by atoms with Crippen LogP contribution in [0.5, 0.6) is 5.75 Å². The number of aromatic nitrogens is 2. The first-order valence-electron chi connectivity index (χ1n) is 15.2. The number of aryl methyl sites for hydroxylation is 2. The van der Waals surface area contributed by atoms with Gasteiger partial charge in [-0.15, -0.1) is 0 Å². The highest BCUT2D eigenvalue weighted by molar-refractivity contribution is 6.08. The van der Waals surface area contributed by atoms with Crippen LogP contribution in [-0.4, -0.2) is 51.9 Å². The molecule has 2 aliphatic rings. The first-order chi connectivity index (χ1) is 20.5. The van der Waals surface area contributed by atoms with Crippen molar-refractivity contribution in [2.45, 2.75) is 70.6 Å². The standard InChI is InChI=1S/C35H40N4O3/c1-24-9-3-4-10-26(24)22-37-35(41)30-23-38(34-29(30)11-7-13-33(34)42-2)17-8-18-39-27-14-15-28(39)20-25(19-27)21-32(40)31-12-5-6-16-36-31/h3-7,9-13,16,23,25,27-28H,8,14-15,17-22H2,1-2H3,(H,37,41)/t25?,27-,28+. The number of amides is 1. The number of pyridine rings is 1. The number of ether oxygens (including phenoxy) is 1. The van der Waals surface area contributed by atoms with Crippen molar-refractivity contribution in [3.05, 3.63) is 95.4 Å². The lowest BCUT2D eigenvalue weighted by Gasteiger charge is -2.39. The molecule has 1 unspecified atom stereocenters. The summed E-state index contributed by atoms with van der Waals surface area (Å²) in [6.07, 6.45) is 9.86. The highest BCUT2D eigenvalue weighted by Gasteiger charge is 2.40. The summed E-state index contributed by atoms with van der Waals surface area (Å²) in [4.78, 5) is 33.1. The Bertz CT molecular complexity index is 1550. The van der Waals surface area contributed by atoms with Crippen molar-refractivity contribution < 1.29 is 14.3 Å². The second-order valence-corrected chi connectivity index (χ2v) is 11.9. The van der Waals surface area contributed by atoms with Gasteiger partial charge < -0.3 is 14.6 Å². The molecule has 7 heteroatoms. The topological polar surface area (TPSA) is 76.5 Å². The van der Waals surface area contributed by atoms with Crippen LogP contribution in [0.4, 0.5) is 0 Å². The number of rotatable bonds is 11. The molecule has 2 aliphatic heterocycles. The average Bonchev–Trinajstić information content (AvgIpc) is 3.50. The highest BCUT2D eigenvalue weighted by Crippen LogP contribution is 2.40. The Morgan fingerprint density at radius 2 is 1.76 bits per heavy atom. The summed E-state index contributed by atoms with van der Waals surface area (Å²) in [7, 11) is 1.68. The van der Waals surface area contributed by atoms with E-state index in [2.05, 4.69) is 38.8 Å². The molecular formula is C35H40N4O3. The molecule has 0 aliphatic carbocycles. The third kappa shape index (κ3) is 5.84. The Morgan fingerprint density at radius 1 is 0.976 bits per heavy atom. The van der Waals surface area contributed by atoms with Crippen LogP contribution < -0.4 is 10.1 Å². The minimum atomic E-state index is -0.0735.